The molecule has 1 saturated heterocycles. The molecule has 0 radical (unpaired) electrons. The molecule has 2 amide bonds. The third-order valence-electron chi connectivity index (χ3n) is 5.01. The summed E-state index contributed by atoms with van der Waals surface area (Å²) >= 11 is 1.39. The Labute approximate surface area is 161 Å². The monoisotopic (exact) mass is 380 g/mol. The Morgan fingerprint density at radius 1 is 1.11 bits per heavy atom. The fraction of sp³-hybridized carbons (Fsp3) is 0.300. The molecule has 0 bridgehead atoms. The fourth-order valence-corrected chi connectivity index (χ4v) is 4.77. The van der Waals surface area contributed by atoms with Crippen LogP contribution in [-0.2, 0) is 0 Å². The third-order valence-corrected chi connectivity index (χ3v) is 6.11. The summed E-state index contributed by atoms with van der Waals surface area (Å²) in [5.41, 5.74) is 2.51. The molecule has 1 aliphatic heterocycles. The summed E-state index contributed by atoms with van der Waals surface area (Å²) < 4.78 is 0. The molecule has 138 valence electrons. The van der Waals surface area contributed by atoms with Crippen LogP contribution in [0, 0.1) is 0 Å². The third kappa shape index (κ3) is 3.30. The van der Waals surface area contributed by atoms with Crippen molar-refractivity contribution in [3.63, 3.8) is 0 Å². The van der Waals surface area contributed by atoms with Crippen molar-refractivity contribution in [3.8, 4) is 0 Å². The highest BCUT2D eigenvalue weighted by atomic mass is 32.1. The lowest BCUT2D eigenvalue weighted by Crippen LogP contribution is -2.38. The lowest BCUT2D eigenvalue weighted by Gasteiger charge is -2.32. The summed E-state index contributed by atoms with van der Waals surface area (Å²) in [6.07, 6.45) is 4.94. The van der Waals surface area contributed by atoms with Gasteiger partial charge >= 0.3 is 0 Å². The van der Waals surface area contributed by atoms with E-state index in [1.807, 2.05) is 35.2 Å². The van der Waals surface area contributed by atoms with Crippen molar-refractivity contribution < 1.29 is 9.59 Å². The molecule has 1 N–H and O–H groups in total. The van der Waals surface area contributed by atoms with Gasteiger partial charge in [0, 0.05) is 43.7 Å². The van der Waals surface area contributed by atoms with E-state index in [2.05, 4.69) is 15.3 Å². The molecule has 6 nitrogen and oxygen atoms in total. The number of fused-ring (bicyclic) bond motifs is 1. The van der Waals surface area contributed by atoms with Crippen LogP contribution in [0.3, 0.4) is 0 Å². The summed E-state index contributed by atoms with van der Waals surface area (Å²) in [5, 5.41) is 2.72. The Hall–Kier alpha value is -2.80. The molecule has 3 heterocycles. The molecule has 2 aromatic heterocycles. The van der Waals surface area contributed by atoms with E-state index in [9.17, 15) is 9.59 Å². The zero-order valence-electron chi connectivity index (χ0n) is 15.0. The highest BCUT2D eigenvalue weighted by Gasteiger charge is 2.30. The first kappa shape index (κ1) is 17.6. The number of hydrogen-bond acceptors (Lipinski definition) is 5. The van der Waals surface area contributed by atoms with Crippen LogP contribution in [0.4, 0.5) is 0 Å². The Morgan fingerprint density at radius 2 is 1.81 bits per heavy atom. The van der Waals surface area contributed by atoms with Crippen LogP contribution in [-0.4, -0.2) is 46.8 Å². The minimum absolute atomic E-state index is 0.0653. The molecule has 1 aliphatic rings. The van der Waals surface area contributed by atoms with Crippen LogP contribution in [0.1, 0.15) is 44.4 Å². The average molecular weight is 380 g/mol. The van der Waals surface area contributed by atoms with Gasteiger partial charge in [-0.3, -0.25) is 14.6 Å². The summed E-state index contributed by atoms with van der Waals surface area (Å²) in [7, 11) is 1.64. The number of aromatic nitrogens is 2. The molecule has 1 aromatic carbocycles. The lowest BCUT2D eigenvalue weighted by atomic mass is 9.88. The molecule has 0 spiro atoms. The second-order valence-electron chi connectivity index (χ2n) is 6.57. The molecule has 1 fully saturated rings. The Morgan fingerprint density at radius 3 is 2.52 bits per heavy atom. The van der Waals surface area contributed by atoms with Crippen LogP contribution in [0.5, 0.6) is 0 Å². The predicted molar refractivity (Wildman–Crippen MR) is 105 cm³/mol. The van der Waals surface area contributed by atoms with E-state index in [0.717, 1.165) is 28.8 Å². The van der Waals surface area contributed by atoms with Crippen LogP contribution < -0.4 is 5.32 Å². The van der Waals surface area contributed by atoms with E-state index >= 15 is 0 Å². The van der Waals surface area contributed by atoms with Gasteiger partial charge in [-0.05, 0) is 30.9 Å². The first-order valence-corrected chi connectivity index (χ1v) is 9.80. The van der Waals surface area contributed by atoms with Crippen molar-refractivity contribution in [2.75, 3.05) is 20.1 Å². The van der Waals surface area contributed by atoms with E-state index in [1.54, 1.807) is 19.4 Å². The number of likely N-dealkylation sites (tertiary alicyclic amines) is 1. The summed E-state index contributed by atoms with van der Waals surface area (Å²) in [5.74, 6) is 0.163. The van der Waals surface area contributed by atoms with Crippen molar-refractivity contribution in [1.29, 1.82) is 0 Å². The number of nitrogens with one attached hydrogen (secondary N) is 1. The zero-order chi connectivity index (χ0) is 18.8. The molecule has 7 heteroatoms. The van der Waals surface area contributed by atoms with Gasteiger partial charge in [0.25, 0.3) is 11.8 Å². The number of benzene rings is 1. The maximum atomic E-state index is 12.7. The molecular formula is C20H20N4O2S. The van der Waals surface area contributed by atoms with E-state index < -0.39 is 0 Å². The van der Waals surface area contributed by atoms with Crippen molar-refractivity contribution in [2.24, 2.45) is 0 Å². The minimum atomic E-state index is -0.0995. The van der Waals surface area contributed by atoms with Crippen molar-refractivity contribution in [2.45, 2.75) is 18.8 Å². The molecule has 0 aliphatic carbocycles. The summed E-state index contributed by atoms with van der Waals surface area (Å²) in [4.78, 5) is 37.3. The molecule has 27 heavy (non-hydrogen) atoms. The van der Waals surface area contributed by atoms with Gasteiger partial charge in [-0.1, -0.05) is 18.2 Å². The molecule has 0 atom stereocenters. The zero-order valence-corrected chi connectivity index (χ0v) is 15.8. The summed E-state index contributed by atoms with van der Waals surface area (Å²) in [6, 6.07) is 9.36. The van der Waals surface area contributed by atoms with Gasteiger partial charge in [-0.15, -0.1) is 11.3 Å². The lowest BCUT2D eigenvalue weighted by molar-refractivity contribution is 0.0712. The number of thiophene rings is 1. The van der Waals surface area contributed by atoms with Crippen molar-refractivity contribution >= 4 is 33.5 Å². The number of rotatable bonds is 3. The van der Waals surface area contributed by atoms with Gasteiger partial charge in [-0.2, -0.15) is 0 Å². The summed E-state index contributed by atoms with van der Waals surface area (Å²) in [6.45, 7) is 1.34. The number of nitrogens with zero attached hydrogens (tertiary/aromatic N) is 3. The number of amides is 2. The standard InChI is InChI=1S/C20H20N4O2S/c1-21-18(25)17-15(16-19(27-17)23-10-9-22-16)13-7-11-24(12-8-13)20(26)14-5-3-2-4-6-14/h2-6,9-10,13H,7-8,11-12H2,1H3,(H,21,25). The highest BCUT2D eigenvalue weighted by Crippen LogP contribution is 2.39. The number of hydrogen-bond donors (Lipinski definition) is 1. The number of carbonyl (C=O) groups excluding carboxylic acids is 2. The van der Waals surface area contributed by atoms with Crippen LogP contribution in [0.25, 0.3) is 10.3 Å². The number of carbonyl (C=O) groups is 2. The second kappa shape index (κ2) is 7.44. The quantitative estimate of drug-likeness (QED) is 0.758. The largest absolute Gasteiger partial charge is 0.354 e. The predicted octanol–water partition coefficient (Wildman–Crippen LogP) is 3.07. The maximum absolute atomic E-state index is 12.7. The first-order valence-electron chi connectivity index (χ1n) is 8.99. The van der Waals surface area contributed by atoms with Gasteiger partial charge in [0.2, 0.25) is 0 Å². The first-order chi connectivity index (χ1) is 13.2. The van der Waals surface area contributed by atoms with Gasteiger partial charge in [0.1, 0.15) is 10.3 Å². The van der Waals surface area contributed by atoms with Crippen molar-refractivity contribution in [3.05, 3.63) is 58.7 Å². The molecular weight excluding hydrogens is 360 g/mol. The second-order valence-corrected chi connectivity index (χ2v) is 7.57. The van der Waals surface area contributed by atoms with E-state index in [-0.39, 0.29) is 17.7 Å². The van der Waals surface area contributed by atoms with Gasteiger partial charge in [-0.25, -0.2) is 4.98 Å². The minimum Gasteiger partial charge on any atom is -0.354 e. The maximum Gasteiger partial charge on any atom is 0.261 e. The smallest absolute Gasteiger partial charge is 0.261 e. The molecule has 0 saturated carbocycles. The highest BCUT2D eigenvalue weighted by molar-refractivity contribution is 7.20. The fourth-order valence-electron chi connectivity index (χ4n) is 3.64. The SMILES string of the molecule is CNC(=O)c1sc2nccnc2c1C1CCN(C(=O)c2ccccc2)CC1. The average Bonchev–Trinajstić information content (AvgIpc) is 3.13. The Kier molecular flexibility index (Phi) is 4.85. The Bertz CT molecular complexity index is 978. The number of piperidine rings is 1. The van der Waals surface area contributed by atoms with Crippen LogP contribution in [0.15, 0.2) is 42.7 Å². The van der Waals surface area contributed by atoms with Gasteiger partial charge in [0.15, 0.2) is 0 Å². The van der Waals surface area contributed by atoms with E-state index in [0.29, 0.717) is 23.5 Å². The van der Waals surface area contributed by atoms with E-state index in [4.69, 9.17) is 0 Å². The van der Waals surface area contributed by atoms with Crippen LogP contribution >= 0.6 is 11.3 Å². The molecule has 0 unspecified atom stereocenters. The normalized spacial score (nSPS) is 15.1. The molecule has 4 rings (SSSR count). The van der Waals surface area contributed by atoms with Crippen molar-refractivity contribution in [1.82, 2.24) is 20.2 Å². The topological polar surface area (TPSA) is 75.2 Å². The van der Waals surface area contributed by atoms with Gasteiger partial charge < -0.3 is 10.2 Å². The van der Waals surface area contributed by atoms with Crippen LogP contribution in [0.2, 0.25) is 0 Å². The Balaban J connectivity index is 1.58. The molecule has 3 aromatic rings. The van der Waals surface area contributed by atoms with Gasteiger partial charge in [0.05, 0.1) is 4.88 Å². The van der Waals surface area contributed by atoms with E-state index in [1.165, 1.54) is 11.3 Å².